The number of rotatable bonds is 3. The summed E-state index contributed by atoms with van der Waals surface area (Å²) in [5.74, 6) is 0. The molecular weight excluding hydrogens is 244 g/mol. The summed E-state index contributed by atoms with van der Waals surface area (Å²) in [5, 5.41) is 10.3. The minimum absolute atomic E-state index is 1.04. The van der Waals surface area contributed by atoms with Crippen molar-refractivity contribution in [3.63, 3.8) is 0 Å². The van der Waals surface area contributed by atoms with Crippen molar-refractivity contribution >= 4 is 15.9 Å². The molecule has 1 saturated heterocycles. The molecule has 1 aliphatic heterocycles. The lowest BCUT2D eigenvalue weighted by molar-refractivity contribution is 0.243. The van der Waals surface area contributed by atoms with E-state index in [1.54, 1.807) is 0 Å². The van der Waals surface area contributed by atoms with E-state index in [0.29, 0.717) is 0 Å². The first-order valence-electron chi connectivity index (χ1n) is 4.97. The summed E-state index contributed by atoms with van der Waals surface area (Å²) in [6.45, 7) is 5.66. The fourth-order valence-corrected chi connectivity index (χ4v) is 2.07. The van der Waals surface area contributed by atoms with Gasteiger partial charge in [0.1, 0.15) is 0 Å². The molecule has 0 aliphatic carbocycles. The highest BCUT2D eigenvalue weighted by atomic mass is 79.9. The minimum Gasteiger partial charge on any atom is -0.314 e. The van der Waals surface area contributed by atoms with Gasteiger partial charge >= 0.3 is 0 Å². The van der Waals surface area contributed by atoms with Crippen molar-refractivity contribution in [2.45, 2.75) is 6.42 Å². The molecule has 5 heteroatoms. The lowest BCUT2D eigenvalue weighted by Crippen LogP contribution is -2.44. The van der Waals surface area contributed by atoms with E-state index in [1.165, 1.54) is 5.69 Å². The normalized spacial score (nSPS) is 18.6. The topological polar surface area (TPSA) is 44.0 Å². The average Bonchev–Trinajstić information content (AvgIpc) is 2.63. The first-order chi connectivity index (χ1) is 6.86. The van der Waals surface area contributed by atoms with Gasteiger partial charge in [0.2, 0.25) is 0 Å². The Morgan fingerprint density at radius 2 is 2.21 bits per heavy atom. The Labute approximate surface area is 92.2 Å². The number of H-pyrrole nitrogens is 1. The predicted octanol–water partition coefficient (Wildman–Crippen LogP) is 0.620. The standard InChI is InChI=1S/C9H15BrN4/c10-8-7-12-13-9(8)1-4-14-5-2-11-3-6-14/h7,11H,1-6H2,(H,12,13). The summed E-state index contributed by atoms with van der Waals surface area (Å²) >= 11 is 3.47. The van der Waals surface area contributed by atoms with E-state index >= 15 is 0 Å². The molecule has 1 aromatic heterocycles. The third-order valence-electron chi connectivity index (χ3n) is 2.55. The van der Waals surface area contributed by atoms with Gasteiger partial charge in [-0.15, -0.1) is 0 Å². The molecule has 2 N–H and O–H groups in total. The zero-order chi connectivity index (χ0) is 9.80. The molecule has 2 rings (SSSR count). The highest BCUT2D eigenvalue weighted by molar-refractivity contribution is 9.10. The third-order valence-corrected chi connectivity index (χ3v) is 3.24. The second-order valence-corrected chi connectivity index (χ2v) is 4.39. The van der Waals surface area contributed by atoms with Crippen molar-refractivity contribution in [2.24, 2.45) is 0 Å². The van der Waals surface area contributed by atoms with Crippen LogP contribution in [0, 0.1) is 0 Å². The molecule has 2 heterocycles. The Balaban J connectivity index is 1.79. The molecule has 0 aromatic carbocycles. The molecule has 0 amide bonds. The van der Waals surface area contributed by atoms with Gasteiger partial charge in [0.05, 0.1) is 16.4 Å². The fourth-order valence-electron chi connectivity index (χ4n) is 1.68. The van der Waals surface area contributed by atoms with E-state index < -0.39 is 0 Å². The van der Waals surface area contributed by atoms with E-state index in [2.05, 4.69) is 36.3 Å². The average molecular weight is 259 g/mol. The number of hydrogen-bond donors (Lipinski definition) is 2. The van der Waals surface area contributed by atoms with Crippen LogP contribution in [-0.2, 0) is 6.42 Å². The fraction of sp³-hybridized carbons (Fsp3) is 0.667. The van der Waals surface area contributed by atoms with Crippen LogP contribution in [0.1, 0.15) is 5.69 Å². The van der Waals surface area contributed by atoms with Crippen LogP contribution in [0.15, 0.2) is 10.7 Å². The quantitative estimate of drug-likeness (QED) is 0.836. The smallest absolute Gasteiger partial charge is 0.0632 e. The molecule has 1 aliphatic rings. The number of nitrogens with one attached hydrogen (secondary N) is 2. The number of piperazine rings is 1. The molecule has 0 bridgehead atoms. The van der Waals surface area contributed by atoms with Crippen molar-refractivity contribution in [1.29, 1.82) is 0 Å². The molecule has 0 unspecified atom stereocenters. The van der Waals surface area contributed by atoms with Crippen LogP contribution >= 0.6 is 15.9 Å². The summed E-state index contributed by atoms with van der Waals surface area (Å²) in [7, 11) is 0. The van der Waals surface area contributed by atoms with Crippen LogP contribution in [0.25, 0.3) is 0 Å². The first-order valence-corrected chi connectivity index (χ1v) is 5.76. The molecule has 1 aromatic rings. The van der Waals surface area contributed by atoms with E-state index in [1.807, 2.05) is 6.20 Å². The maximum absolute atomic E-state index is 3.98. The van der Waals surface area contributed by atoms with Crippen molar-refractivity contribution < 1.29 is 0 Å². The maximum Gasteiger partial charge on any atom is 0.0632 e. The van der Waals surface area contributed by atoms with Gasteiger partial charge in [-0.3, -0.25) is 5.10 Å². The second-order valence-electron chi connectivity index (χ2n) is 3.54. The molecule has 78 valence electrons. The predicted molar refractivity (Wildman–Crippen MR) is 59.3 cm³/mol. The first kappa shape index (κ1) is 10.1. The van der Waals surface area contributed by atoms with Crippen molar-refractivity contribution in [1.82, 2.24) is 20.4 Å². The van der Waals surface area contributed by atoms with Gasteiger partial charge in [0.25, 0.3) is 0 Å². The largest absolute Gasteiger partial charge is 0.314 e. The zero-order valence-corrected chi connectivity index (χ0v) is 9.68. The van der Waals surface area contributed by atoms with Crippen molar-refractivity contribution in [3.8, 4) is 0 Å². The number of aromatic amines is 1. The Morgan fingerprint density at radius 1 is 1.43 bits per heavy atom. The molecule has 0 spiro atoms. The van der Waals surface area contributed by atoms with Gasteiger partial charge in [0, 0.05) is 39.1 Å². The lowest BCUT2D eigenvalue weighted by Gasteiger charge is -2.26. The van der Waals surface area contributed by atoms with Gasteiger partial charge in [-0.05, 0) is 15.9 Å². The number of nitrogens with zero attached hydrogens (tertiary/aromatic N) is 2. The van der Waals surface area contributed by atoms with Gasteiger partial charge in [-0.1, -0.05) is 0 Å². The van der Waals surface area contributed by atoms with Crippen LogP contribution in [-0.4, -0.2) is 47.8 Å². The monoisotopic (exact) mass is 258 g/mol. The molecule has 4 nitrogen and oxygen atoms in total. The van der Waals surface area contributed by atoms with E-state index in [0.717, 1.165) is 43.6 Å². The lowest BCUT2D eigenvalue weighted by atomic mass is 10.2. The summed E-state index contributed by atoms with van der Waals surface area (Å²) in [6, 6.07) is 0. The van der Waals surface area contributed by atoms with Gasteiger partial charge in [0.15, 0.2) is 0 Å². The van der Waals surface area contributed by atoms with Gasteiger partial charge in [-0.25, -0.2) is 0 Å². The number of halogens is 1. The highest BCUT2D eigenvalue weighted by Gasteiger charge is 2.10. The molecule has 0 radical (unpaired) electrons. The Kier molecular flexibility index (Phi) is 3.55. The molecule has 14 heavy (non-hydrogen) atoms. The van der Waals surface area contributed by atoms with E-state index in [9.17, 15) is 0 Å². The van der Waals surface area contributed by atoms with Crippen LogP contribution in [0.2, 0.25) is 0 Å². The van der Waals surface area contributed by atoms with E-state index in [-0.39, 0.29) is 0 Å². The van der Waals surface area contributed by atoms with Crippen LogP contribution in [0.5, 0.6) is 0 Å². The molecule has 1 fully saturated rings. The van der Waals surface area contributed by atoms with Crippen LogP contribution in [0.4, 0.5) is 0 Å². The highest BCUT2D eigenvalue weighted by Crippen LogP contribution is 2.13. The summed E-state index contributed by atoms with van der Waals surface area (Å²) in [4.78, 5) is 2.48. The van der Waals surface area contributed by atoms with Gasteiger partial charge < -0.3 is 10.2 Å². The number of hydrogen-bond acceptors (Lipinski definition) is 3. The number of aromatic nitrogens is 2. The van der Waals surface area contributed by atoms with Crippen molar-refractivity contribution in [2.75, 3.05) is 32.7 Å². The Morgan fingerprint density at radius 3 is 2.86 bits per heavy atom. The second kappa shape index (κ2) is 4.91. The Bertz CT molecular complexity index is 280. The molecule has 0 saturated carbocycles. The maximum atomic E-state index is 3.98. The third kappa shape index (κ3) is 2.56. The minimum atomic E-state index is 1.04. The molecule has 0 atom stereocenters. The summed E-state index contributed by atoms with van der Waals surface area (Å²) in [5.41, 5.74) is 1.20. The van der Waals surface area contributed by atoms with Crippen LogP contribution in [0.3, 0.4) is 0 Å². The molecular formula is C9H15BrN4. The summed E-state index contributed by atoms with van der Waals surface area (Å²) in [6.07, 6.45) is 2.85. The van der Waals surface area contributed by atoms with Crippen molar-refractivity contribution in [3.05, 3.63) is 16.4 Å². The van der Waals surface area contributed by atoms with Gasteiger partial charge in [-0.2, -0.15) is 5.10 Å². The Hall–Kier alpha value is -0.390. The SMILES string of the molecule is Brc1cn[nH]c1CCN1CCNCC1. The van der Waals surface area contributed by atoms with Crippen LogP contribution < -0.4 is 5.32 Å². The zero-order valence-electron chi connectivity index (χ0n) is 8.09. The van der Waals surface area contributed by atoms with E-state index in [4.69, 9.17) is 0 Å². The summed E-state index contributed by atoms with van der Waals surface area (Å²) < 4.78 is 1.09.